The lowest BCUT2D eigenvalue weighted by molar-refractivity contribution is 0.490. The highest BCUT2D eigenvalue weighted by atomic mass is 16.5. The molecule has 0 saturated heterocycles. The van der Waals surface area contributed by atoms with E-state index in [9.17, 15) is 0 Å². The van der Waals surface area contributed by atoms with Gasteiger partial charge in [-0.1, -0.05) is 194 Å². The Morgan fingerprint density at radius 2 is 0.450 bits per heavy atom. The van der Waals surface area contributed by atoms with Crippen LogP contribution < -0.4 is 71.8 Å². The van der Waals surface area contributed by atoms with Crippen LogP contribution in [0, 0.1) is 0 Å². The summed E-state index contributed by atoms with van der Waals surface area (Å²) in [6, 6.07) is 135. The fourth-order valence-corrected chi connectivity index (χ4v) is 16.4. The van der Waals surface area contributed by atoms with Crippen LogP contribution in [-0.4, -0.2) is 13.4 Å². The van der Waals surface area contributed by atoms with Crippen molar-refractivity contribution in [2.45, 2.75) is 0 Å². The molecule has 5 heterocycles. The molecule has 0 N–H and O–H groups in total. The van der Waals surface area contributed by atoms with Crippen molar-refractivity contribution in [3.63, 3.8) is 0 Å². The SMILES string of the molecule is c1ccc(N(c2ccccc2)c2cc3c4c(c2)N(c2ccccc2)c2cc(N(c5ccccc5)c5ccccc5)cc5c2B4c2cc4c(cc2N5c2ccccc2)N(c2ccccc2)c2cc(N(c5ccccc5)c5ccccc5)cc5c2B4c2c(cccc2N5c2ccccc2)O3)cc1. The minimum atomic E-state index is -0.366. The van der Waals surface area contributed by atoms with Crippen molar-refractivity contribution >= 4 is 166 Å². The van der Waals surface area contributed by atoms with Gasteiger partial charge >= 0.3 is 0 Å². The largest absolute Gasteiger partial charge is 0.458 e. The van der Waals surface area contributed by atoms with Crippen LogP contribution in [0.2, 0.25) is 0 Å². The molecule has 5 aliphatic heterocycles. The minimum absolute atomic E-state index is 0.329. The van der Waals surface area contributed by atoms with E-state index in [1.165, 1.54) is 21.9 Å². The lowest BCUT2D eigenvalue weighted by atomic mass is 9.29. The second-order valence-corrected chi connectivity index (χ2v) is 26.0. The predicted octanol–water partition coefficient (Wildman–Crippen LogP) is 20.4. The summed E-state index contributed by atoms with van der Waals surface area (Å²) in [6.45, 7) is -0.695. The first-order chi connectivity index (χ1) is 49.7. The van der Waals surface area contributed by atoms with Crippen molar-refractivity contribution in [1.82, 2.24) is 0 Å². The molecule has 10 heteroatoms. The van der Waals surface area contributed by atoms with E-state index in [-0.39, 0.29) is 13.4 Å². The number of rotatable bonds is 13. The molecule has 468 valence electrons. The van der Waals surface area contributed by atoms with Crippen LogP contribution in [0.5, 0.6) is 11.5 Å². The zero-order valence-corrected chi connectivity index (χ0v) is 54.4. The molecule has 0 amide bonds. The molecule has 20 rings (SSSR count). The predicted molar refractivity (Wildman–Crippen MR) is 419 cm³/mol. The van der Waals surface area contributed by atoms with Crippen molar-refractivity contribution in [3.05, 3.63) is 370 Å². The van der Waals surface area contributed by atoms with Crippen molar-refractivity contribution in [2.24, 2.45) is 0 Å². The van der Waals surface area contributed by atoms with Gasteiger partial charge in [0.1, 0.15) is 11.5 Å². The number of ether oxygens (including phenoxy) is 1. The molecule has 0 atom stereocenters. The van der Waals surface area contributed by atoms with Gasteiger partial charge in [0.05, 0.1) is 17.1 Å². The molecule has 0 fully saturated rings. The van der Waals surface area contributed by atoms with Gasteiger partial charge in [-0.05, 0) is 203 Å². The van der Waals surface area contributed by atoms with Gasteiger partial charge in [0, 0.05) is 108 Å². The van der Waals surface area contributed by atoms with E-state index < -0.39 is 0 Å². The highest BCUT2D eigenvalue weighted by Gasteiger charge is 2.52. The Balaban J connectivity index is 0.962. The highest BCUT2D eigenvalue weighted by Crippen LogP contribution is 2.55. The molecule has 15 aromatic carbocycles. The monoisotopic (exact) mass is 1280 g/mol. The molecule has 15 aromatic rings. The van der Waals surface area contributed by atoms with Crippen molar-refractivity contribution in [1.29, 1.82) is 0 Å². The topological polar surface area (TPSA) is 31.9 Å². The first-order valence-corrected chi connectivity index (χ1v) is 34.3. The summed E-state index contributed by atoms with van der Waals surface area (Å²) >= 11 is 0. The maximum Gasteiger partial charge on any atom is 0.257 e. The van der Waals surface area contributed by atoms with Gasteiger partial charge in [0.15, 0.2) is 0 Å². The van der Waals surface area contributed by atoms with Crippen LogP contribution in [0.15, 0.2) is 370 Å². The third kappa shape index (κ3) is 9.04. The van der Waals surface area contributed by atoms with E-state index in [4.69, 9.17) is 4.74 Å². The summed E-state index contributed by atoms with van der Waals surface area (Å²) in [6.07, 6.45) is 0. The van der Waals surface area contributed by atoms with Crippen LogP contribution in [-0.2, 0) is 0 Å². The van der Waals surface area contributed by atoms with Crippen LogP contribution in [0.4, 0.5) is 119 Å². The van der Waals surface area contributed by atoms with Gasteiger partial charge in [-0.2, -0.15) is 0 Å². The smallest absolute Gasteiger partial charge is 0.257 e. The second kappa shape index (κ2) is 23.3. The van der Waals surface area contributed by atoms with Crippen LogP contribution in [0.1, 0.15) is 0 Å². The third-order valence-corrected chi connectivity index (χ3v) is 20.4. The molecule has 0 radical (unpaired) electrons. The van der Waals surface area contributed by atoms with E-state index in [0.29, 0.717) is 0 Å². The van der Waals surface area contributed by atoms with Gasteiger partial charge in [-0.3, -0.25) is 0 Å². The van der Waals surface area contributed by atoms with Gasteiger partial charge in [0.25, 0.3) is 13.4 Å². The Bertz CT molecular complexity index is 5500. The molecule has 0 saturated carbocycles. The maximum atomic E-state index is 8.33. The summed E-state index contributed by atoms with van der Waals surface area (Å²) < 4.78 is 8.33. The van der Waals surface area contributed by atoms with E-state index in [1.807, 2.05) is 0 Å². The average Bonchev–Trinajstić information content (AvgIpc) is 0.677. The Morgan fingerprint density at radius 1 is 0.190 bits per heavy atom. The maximum absolute atomic E-state index is 8.33. The first kappa shape index (κ1) is 57.1. The Labute approximate surface area is 582 Å². The van der Waals surface area contributed by atoms with Gasteiger partial charge < -0.3 is 39.0 Å². The Morgan fingerprint density at radius 3 is 0.770 bits per heavy atom. The molecular formula is C90H61B2N7O. The molecule has 100 heavy (non-hydrogen) atoms. The molecule has 0 aromatic heterocycles. The van der Waals surface area contributed by atoms with E-state index in [1.54, 1.807) is 0 Å². The lowest BCUT2D eigenvalue weighted by Crippen LogP contribution is -2.66. The average molecular weight is 1280 g/mol. The van der Waals surface area contributed by atoms with Crippen molar-refractivity contribution in [2.75, 3.05) is 34.3 Å². The normalized spacial score (nSPS) is 13.0. The fraction of sp³-hybridized carbons (Fsp3) is 0. The summed E-state index contributed by atoms with van der Waals surface area (Å²) in [5, 5.41) is 0. The zero-order valence-electron chi connectivity index (χ0n) is 54.4. The number of anilines is 21. The summed E-state index contributed by atoms with van der Waals surface area (Å²) in [5.41, 5.74) is 28.8. The minimum Gasteiger partial charge on any atom is -0.458 e. The van der Waals surface area contributed by atoms with Gasteiger partial charge in [0.2, 0.25) is 0 Å². The Hall–Kier alpha value is -13.2. The molecule has 0 aliphatic carbocycles. The fourth-order valence-electron chi connectivity index (χ4n) is 16.4. The molecule has 0 unspecified atom stereocenters. The van der Waals surface area contributed by atoms with Crippen LogP contribution >= 0.6 is 0 Å². The molecule has 5 aliphatic rings. The molecule has 2 bridgehead atoms. The first-order valence-electron chi connectivity index (χ1n) is 34.3. The number of hydrogen-bond acceptors (Lipinski definition) is 8. The van der Waals surface area contributed by atoms with E-state index in [2.05, 4.69) is 404 Å². The van der Waals surface area contributed by atoms with Crippen molar-refractivity contribution in [3.8, 4) is 11.5 Å². The molecule has 0 spiro atoms. The quantitative estimate of drug-likeness (QED) is 0.106. The number of hydrogen-bond donors (Lipinski definition) is 0. The standard InChI is InChI=1S/C90H61B2N7O/c1-11-32-62(33-12-1)93(63-34-13-2-14-35-63)72-54-80-87-81(55-72)97(69-46-25-8-26-47-69)78-61-79-76-60-75(78)91(87)89-77(96(80)68-44-23-7-24-45-68)52-31-53-85(89)100-86-59-74(95(66-40-19-5-20-41-66)67-42-21-6-22-43-67)58-84-90(86)92(76)88-82(98(79)70-48-27-9-28-49-70)56-73(57-83(88)99(84)71-50-29-10-30-51-71)94(64-36-15-3-16-37-64)65-38-17-4-18-39-65/h1-61H. The van der Waals surface area contributed by atoms with Gasteiger partial charge in [-0.15, -0.1) is 0 Å². The Kier molecular flexibility index (Phi) is 13.3. The second-order valence-electron chi connectivity index (χ2n) is 26.0. The summed E-state index contributed by atoms with van der Waals surface area (Å²) in [4.78, 5) is 17.4. The molecular weight excluding hydrogens is 1220 g/mol. The third-order valence-electron chi connectivity index (χ3n) is 20.4. The number of para-hydroxylation sites is 10. The number of nitrogens with zero attached hydrogens (tertiary/aromatic N) is 7. The summed E-state index contributed by atoms with van der Waals surface area (Å²) in [5.74, 6) is 1.55. The zero-order chi connectivity index (χ0) is 65.8. The van der Waals surface area contributed by atoms with Gasteiger partial charge in [-0.25, -0.2) is 0 Å². The van der Waals surface area contributed by atoms with Crippen molar-refractivity contribution < 1.29 is 4.74 Å². The van der Waals surface area contributed by atoms with E-state index >= 15 is 0 Å². The molecule has 8 nitrogen and oxygen atoms in total. The van der Waals surface area contributed by atoms with Crippen LogP contribution in [0.25, 0.3) is 0 Å². The number of benzene rings is 15. The summed E-state index contributed by atoms with van der Waals surface area (Å²) in [7, 11) is 0. The van der Waals surface area contributed by atoms with E-state index in [0.717, 1.165) is 142 Å². The van der Waals surface area contributed by atoms with Crippen LogP contribution in [0.3, 0.4) is 0 Å². The lowest BCUT2D eigenvalue weighted by Gasteiger charge is -2.49. The highest BCUT2D eigenvalue weighted by molar-refractivity contribution is 7.04.